The molecule has 0 bridgehead atoms. The molecular weight excluding hydrogens is 268 g/mol. The number of hydrazone groups is 1. The molecule has 2 rings (SSSR count). The molecule has 1 heterocycles. The van der Waals surface area contributed by atoms with Crippen molar-refractivity contribution >= 4 is 12.0 Å². The van der Waals surface area contributed by atoms with Gasteiger partial charge in [-0.25, -0.2) is 9.97 Å². The highest BCUT2D eigenvalue weighted by molar-refractivity contribution is 5.84. The van der Waals surface area contributed by atoms with Gasteiger partial charge in [0.2, 0.25) is 0 Å². The van der Waals surface area contributed by atoms with Gasteiger partial charge in [-0.3, -0.25) is 5.43 Å². The number of aryl methyl sites for hydroxylation is 2. The summed E-state index contributed by atoms with van der Waals surface area (Å²) < 4.78 is 10.5. The first-order valence-corrected chi connectivity index (χ1v) is 6.46. The monoisotopic (exact) mass is 286 g/mol. The molecule has 0 aliphatic heterocycles. The van der Waals surface area contributed by atoms with Crippen molar-refractivity contribution in [3.05, 3.63) is 41.3 Å². The molecule has 0 aliphatic rings. The Morgan fingerprint density at radius 3 is 2.57 bits per heavy atom. The number of hydrogen-bond acceptors (Lipinski definition) is 6. The van der Waals surface area contributed by atoms with Gasteiger partial charge < -0.3 is 9.47 Å². The van der Waals surface area contributed by atoms with Gasteiger partial charge in [-0.05, 0) is 32.0 Å². The van der Waals surface area contributed by atoms with Crippen LogP contribution in [-0.4, -0.2) is 30.4 Å². The highest BCUT2D eigenvalue weighted by atomic mass is 16.5. The van der Waals surface area contributed by atoms with Crippen molar-refractivity contribution in [1.82, 2.24) is 9.97 Å². The van der Waals surface area contributed by atoms with Crippen molar-refractivity contribution in [1.29, 1.82) is 0 Å². The fraction of sp³-hybridized carbons (Fsp3) is 0.267. The fourth-order valence-electron chi connectivity index (χ4n) is 1.88. The Labute approximate surface area is 123 Å². The standard InChI is InChI=1S/C15H18N4O2/c1-10-7-15(18-11(2)17-10)19-16-9-12-8-13(20-3)5-6-14(12)21-4/h5-9H,1-4H3,(H,17,18,19)/b16-9+. The zero-order valence-corrected chi connectivity index (χ0v) is 12.5. The van der Waals surface area contributed by atoms with Crippen molar-refractivity contribution in [3.8, 4) is 11.5 Å². The maximum atomic E-state index is 5.29. The molecule has 0 spiro atoms. The van der Waals surface area contributed by atoms with Gasteiger partial charge >= 0.3 is 0 Å². The maximum absolute atomic E-state index is 5.29. The van der Waals surface area contributed by atoms with Crippen LogP contribution in [0.2, 0.25) is 0 Å². The Morgan fingerprint density at radius 1 is 1.10 bits per heavy atom. The summed E-state index contributed by atoms with van der Waals surface area (Å²) in [7, 11) is 3.23. The number of rotatable bonds is 5. The molecule has 0 unspecified atom stereocenters. The van der Waals surface area contributed by atoms with Crippen LogP contribution in [-0.2, 0) is 0 Å². The van der Waals surface area contributed by atoms with Crippen LogP contribution in [0.4, 0.5) is 5.82 Å². The van der Waals surface area contributed by atoms with Crippen molar-refractivity contribution in [2.24, 2.45) is 5.10 Å². The molecule has 0 aliphatic carbocycles. The zero-order chi connectivity index (χ0) is 15.2. The molecule has 0 amide bonds. The highest BCUT2D eigenvalue weighted by Crippen LogP contribution is 2.22. The lowest BCUT2D eigenvalue weighted by atomic mass is 10.2. The van der Waals surface area contributed by atoms with Crippen LogP contribution in [0.1, 0.15) is 17.1 Å². The SMILES string of the molecule is COc1ccc(OC)c(/C=N/Nc2cc(C)nc(C)n2)c1. The van der Waals surface area contributed by atoms with Gasteiger partial charge in [0, 0.05) is 17.3 Å². The number of ether oxygens (including phenoxy) is 2. The molecule has 0 fully saturated rings. The second-order valence-corrected chi connectivity index (χ2v) is 4.42. The third-order valence-electron chi connectivity index (χ3n) is 2.79. The van der Waals surface area contributed by atoms with Crippen molar-refractivity contribution < 1.29 is 9.47 Å². The quantitative estimate of drug-likeness (QED) is 0.675. The van der Waals surface area contributed by atoms with Gasteiger partial charge in [0.25, 0.3) is 0 Å². The molecule has 1 aromatic heterocycles. The van der Waals surface area contributed by atoms with E-state index in [1.54, 1.807) is 20.4 Å². The minimum Gasteiger partial charge on any atom is -0.497 e. The molecule has 110 valence electrons. The predicted octanol–water partition coefficient (Wildman–Crippen LogP) is 2.56. The summed E-state index contributed by atoms with van der Waals surface area (Å²) in [5, 5.41) is 4.18. The zero-order valence-electron chi connectivity index (χ0n) is 12.5. The van der Waals surface area contributed by atoms with E-state index >= 15 is 0 Å². The van der Waals surface area contributed by atoms with E-state index in [9.17, 15) is 0 Å². The van der Waals surface area contributed by atoms with Gasteiger partial charge in [-0.2, -0.15) is 5.10 Å². The van der Waals surface area contributed by atoms with E-state index in [0.29, 0.717) is 11.6 Å². The number of benzene rings is 1. The van der Waals surface area contributed by atoms with E-state index in [0.717, 1.165) is 22.8 Å². The normalized spacial score (nSPS) is 10.7. The summed E-state index contributed by atoms with van der Waals surface area (Å²) in [6, 6.07) is 7.34. The number of nitrogens with zero attached hydrogens (tertiary/aromatic N) is 3. The Morgan fingerprint density at radius 2 is 1.90 bits per heavy atom. The number of methoxy groups -OCH3 is 2. The van der Waals surface area contributed by atoms with Gasteiger partial charge in [-0.1, -0.05) is 0 Å². The van der Waals surface area contributed by atoms with Crippen LogP contribution < -0.4 is 14.9 Å². The lowest BCUT2D eigenvalue weighted by Crippen LogP contribution is -1.99. The van der Waals surface area contributed by atoms with E-state index in [1.807, 2.05) is 38.1 Å². The van der Waals surface area contributed by atoms with Crippen LogP contribution in [0.3, 0.4) is 0 Å². The summed E-state index contributed by atoms with van der Waals surface area (Å²) in [5.74, 6) is 2.81. The largest absolute Gasteiger partial charge is 0.497 e. The topological polar surface area (TPSA) is 68.6 Å². The smallest absolute Gasteiger partial charge is 0.150 e. The Balaban J connectivity index is 2.17. The number of anilines is 1. The summed E-state index contributed by atoms with van der Waals surface area (Å²) in [6.07, 6.45) is 1.66. The molecule has 2 aromatic rings. The number of hydrogen-bond donors (Lipinski definition) is 1. The fourth-order valence-corrected chi connectivity index (χ4v) is 1.88. The van der Waals surface area contributed by atoms with Gasteiger partial charge in [0.1, 0.15) is 23.1 Å². The summed E-state index contributed by atoms with van der Waals surface area (Å²) in [4.78, 5) is 8.46. The summed E-state index contributed by atoms with van der Waals surface area (Å²) in [5.41, 5.74) is 4.59. The molecule has 0 saturated heterocycles. The molecule has 1 aromatic carbocycles. The Hall–Kier alpha value is -2.63. The maximum Gasteiger partial charge on any atom is 0.150 e. The second-order valence-electron chi connectivity index (χ2n) is 4.42. The molecule has 6 heteroatoms. The van der Waals surface area contributed by atoms with Gasteiger partial charge in [0.05, 0.1) is 20.4 Å². The predicted molar refractivity (Wildman–Crippen MR) is 82.3 cm³/mol. The van der Waals surface area contributed by atoms with Crippen LogP contribution >= 0.6 is 0 Å². The average molecular weight is 286 g/mol. The van der Waals surface area contributed by atoms with Crippen LogP contribution in [0, 0.1) is 13.8 Å². The Kier molecular flexibility index (Phi) is 4.71. The van der Waals surface area contributed by atoms with Crippen LogP contribution in [0.5, 0.6) is 11.5 Å². The molecule has 0 radical (unpaired) electrons. The first-order valence-electron chi connectivity index (χ1n) is 6.46. The summed E-state index contributed by atoms with van der Waals surface area (Å²) in [6.45, 7) is 3.75. The third-order valence-corrected chi connectivity index (χ3v) is 2.79. The average Bonchev–Trinajstić information content (AvgIpc) is 2.46. The number of aromatic nitrogens is 2. The van der Waals surface area contributed by atoms with Crippen molar-refractivity contribution in [3.63, 3.8) is 0 Å². The minimum absolute atomic E-state index is 0.651. The van der Waals surface area contributed by atoms with Gasteiger partial charge in [0.15, 0.2) is 0 Å². The molecule has 21 heavy (non-hydrogen) atoms. The lowest BCUT2D eigenvalue weighted by Gasteiger charge is -2.07. The molecule has 0 saturated carbocycles. The van der Waals surface area contributed by atoms with E-state index in [-0.39, 0.29) is 0 Å². The molecular formula is C15H18N4O2. The van der Waals surface area contributed by atoms with E-state index < -0.39 is 0 Å². The van der Waals surface area contributed by atoms with E-state index in [4.69, 9.17) is 9.47 Å². The lowest BCUT2D eigenvalue weighted by molar-refractivity contribution is 0.402. The third kappa shape index (κ3) is 3.92. The molecule has 0 atom stereocenters. The van der Waals surface area contributed by atoms with Crippen LogP contribution in [0.25, 0.3) is 0 Å². The van der Waals surface area contributed by atoms with E-state index in [2.05, 4.69) is 20.5 Å². The first-order chi connectivity index (χ1) is 10.1. The molecule has 1 N–H and O–H groups in total. The Bertz CT molecular complexity index is 636. The van der Waals surface area contributed by atoms with Crippen LogP contribution in [0.15, 0.2) is 29.4 Å². The highest BCUT2D eigenvalue weighted by Gasteiger charge is 2.02. The van der Waals surface area contributed by atoms with E-state index in [1.165, 1.54) is 0 Å². The van der Waals surface area contributed by atoms with Crippen molar-refractivity contribution in [2.45, 2.75) is 13.8 Å². The first kappa shape index (κ1) is 14.8. The van der Waals surface area contributed by atoms with Gasteiger partial charge in [-0.15, -0.1) is 0 Å². The summed E-state index contributed by atoms with van der Waals surface area (Å²) >= 11 is 0. The minimum atomic E-state index is 0.651. The molecule has 6 nitrogen and oxygen atoms in total. The number of nitrogens with one attached hydrogen (secondary N) is 1. The van der Waals surface area contributed by atoms with Crippen molar-refractivity contribution in [2.75, 3.05) is 19.6 Å². The second kappa shape index (κ2) is 6.69.